The lowest BCUT2D eigenvalue weighted by atomic mass is 10.1. The Morgan fingerprint density at radius 1 is 1.39 bits per heavy atom. The number of rotatable bonds is 4. The maximum atomic E-state index is 12.3. The van der Waals surface area contributed by atoms with Gasteiger partial charge in [-0.3, -0.25) is 10.3 Å². The third-order valence-corrected chi connectivity index (χ3v) is 5.09. The summed E-state index contributed by atoms with van der Waals surface area (Å²) in [6, 6.07) is 5.54. The van der Waals surface area contributed by atoms with E-state index in [9.17, 15) is 4.79 Å². The van der Waals surface area contributed by atoms with Gasteiger partial charge in [0.25, 0.3) is 0 Å². The molecule has 2 aromatic rings. The van der Waals surface area contributed by atoms with Gasteiger partial charge in [-0.25, -0.2) is 9.78 Å². The fourth-order valence-corrected chi connectivity index (χ4v) is 3.72. The van der Waals surface area contributed by atoms with Gasteiger partial charge in [0.05, 0.1) is 35.5 Å². The van der Waals surface area contributed by atoms with Crippen LogP contribution >= 0.6 is 11.3 Å². The predicted octanol–water partition coefficient (Wildman–Crippen LogP) is 2.88. The molecule has 23 heavy (non-hydrogen) atoms. The first kappa shape index (κ1) is 14.6. The summed E-state index contributed by atoms with van der Waals surface area (Å²) in [6.45, 7) is 1.29. The van der Waals surface area contributed by atoms with E-state index >= 15 is 0 Å². The molecular formula is C16H18N4O2S. The summed E-state index contributed by atoms with van der Waals surface area (Å²) in [5.41, 5.74) is 1.96. The predicted molar refractivity (Wildman–Crippen MR) is 87.3 cm³/mol. The van der Waals surface area contributed by atoms with E-state index in [0.29, 0.717) is 24.3 Å². The number of nitrogens with zero attached hydrogens (tertiary/aromatic N) is 2. The number of pyridine rings is 1. The second kappa shape index (κ2) is 6.25. The standard InChI is InChI=1S/C16H18N4O2S/c21-15(20-16-18-11-6-8-22-9-13(11)23-16)19-14(10-4-5-10)12-3-1-2-7-17-12/h1-3,7,10,14H,4-6,8-9H2,(H2,18,19,20,21). The number of urea groups is 1. The molecule has 1 fully saturated rings. The molecule has 1 saturated carbocycles. The van der Waals surface area contributed by atoms with Gasteiger partial charge in [-0.05, 0) is 30.9 Å². The van der Waals surface area contributed by atoms with E-state index in [0.717, 1.165) is 35.5 Å². The normalized spacial score (nSPS) is 18.1. The van der Waals surface area contributed by atoms with Crippen molar-refractivity contribution in [1.82, 2.24) is 15.3 Å². The Hall–Kier alpha value is -1.99. The molecular weight excluding hydrogens is 312 g/mol. The largest absolute Gasteiger partial charge is 0.375 e. The first-order valence-electron chi connectivity index (χ1n) is 7.84. The van der Waals surface area contributed by atoms with Gasteiger partial charge < -0.3 is 10.1 Å². The number of carbonyl (C=O) groups excluding carboxylic acids is 1. The van der Waals surface area contributed by atoms with Crippen LogP contribution in [0, 0.1) is 5.92 Å². The summed E-state index contributed by atoms with van der Waals surface area (Å²) in [7, 11) is 0. The average molecular weight is 330 g/mol. The molecule has 2 aliphatic rings. The summed E-state index contributed by atoms with van der Waals surface area (Å²) >= 11 is 1.49. The van der Waals surface area contributed by atoms with Crippen LogP contribution in [0.1, 0.15) is 35.1 Å². The topological polar surface area (TPSA) is 76.1 Å². The van der Waals surface area contributed by atoms with Gasteiger partial charge in [0.1, 0.15) is 0 Å². The third-order valence-electron chi connectivity index (χ3n) is 4.10. The van der Waals surface area contributed by atoms with Crippen molar-refractivity contribution in [3.05, 3.63) is 40.7 Å². The van der Waals surface area contributed by atoms with Crippen molar-refractivity contribution >= 4 is 22.5 Å². The number of anilines is 1. The first-order chi connectivity index (χ1) is 11.3. The van der Waals surface area contributed by atoms with Crippen LogP contribution in [0.3, 0.4) is 0 Å². The number of fused-ring (bicyclic) bond motifs is 1. The summed E-state index contributed by atoms with van der Waals surface area (Å²) in [6.07, 6.45) is 4.84. The molecule has 2 amide bonds. The Labute approximate surface area is 138 Å². The van der Waals surface area contributed by atoms with Crippen molar-refractivity contribution in [2.24, 2.45) is 5.92 Å². The van der Waals surface area contributed by atoms with Gasteiger partial charge in [-0.1, -0.05) is 17.4 Å². The number of thiazole rings is 1. The highest BCUT2D eigenvalue weighted by Gasteiger charge is 2.34. The minimum atomic E-state index is -0.223. The molecule has 2 N–H and O–H groups in total. The van der Waals surface area contributed by atoms with Crippen LogP contribution in [-0.4, -0.2) is 22.6 Å². The van der Waals surface area contributed by atoms with Crippen molar-refractivity contribution in [3.8, 4) is 0 Å². The van der Waals surface area contributed by atoms with Gasteiger partial charge in [-0.15, -0.1) is 0 Å². The van der Waals surface area contributed by atoms with E-state index in [1.165, 1.54) is 11.3 Å². The molecule has 0 aromatic carbocycles. The van der Waals surface area contributed by atoms with E-state index in [1.54, 1.807) is 6.20 Å². The summed E-state index contributed by atoms with van der Waals surface area (Å²) < 4.78 is 5.41. The van der Waals surface area contributed by atoms with Crippen molar-refractivity contribution in [2.45, 2.75) is 31.9 Å². The van der Waals surface area contributed by atoms with E-state index in [-0.39, 0.29) is 12.1 Å². The van der Waals surface area contributed by atoms with Gasteiger partial charge >= 0.3 is 6.03 Å². The SMILES string of the molecule is O=C(Nc1nc2c(s1)COCC2)NC(c1ccccn1)C1CC1. The first-order valence-corrected chi connectivity index (χ1v) is 8.66. The fraction of sp³-hybridized carbons (Fsp3) is 0.438. The molecule has 1 aliphatic carbocycles. The zero-order valence-corrected chi connectivity index (χ0v) is 13.4. The molecule has 3 heterocycles. The minimum absolute atomic E-state index is 0.0332. The zero-order chi connectivity index (χ0) is 15.6. The van der Waals surface area contributed by atoms with Gasteiger partial charge in [-0.2, -0.15) is 0 Å². The number of nitrogens with one attached hydrogen (secondary N) is 2. The molecule has 0 saturated heterocycles. The smallest absolute Gasteiger partial charge is 0.321 e. The zero-order valence-electron chi connectivity index (χ0n) is 12.6. The highest BCUT2D eigenvalue weighted by molar-refractivity contribution is 7.15. The van der Waals surface area contributed by atoms with Crippen molar-refractivity contribution in [3.63, 3.8) is 0 Å². The summed E-state index contributed by atoms with van der Waals surface area (Å²) in [5.74, 6) is 0.480. The molecule has 0 bridgehead atoms. The molecule has 1 unspecified atom stereocenters. The highest BCUT2D eigenvalue weighted by atomic mass is 32.1. The van der Waals surface area contributed by atoms with Crippen molar-refractivity contribution in [1.29, 1.82) is 0 Å². The number of carbonyl (C=O) groups is 1. The number of hydrogen-bond donors (Lipinski definition) is 2. The molecule has 4 rings (SSSR count). The minimum Gasteiger partial charge on any atom is -0.375 e. The van der Waals surface area contributed by atoms with E-state index in [2.05, 4.69) is 20.6 Å². The third kappa shape index (κ3) is 3.35. The second-order valence-electron chi connectivity index (χ2n) is 5.86. The fourth-order valence-electron chi connectivity index (χ4n) is 2.78. The van der Waals surface area contributed by atoms with E-state index < -0.39 is 0 Å². The Morgan fingerprint density at radius 3 is 3.04 bits per heavy atom. The lowest BCUT2D eigenvalue weighted by Gasteiger charge is -2.17. The van der Waals surface area contributed by atoms with Crippen LogP contribution in [-0.2, 0) is 17.8 Å². The lowest BCUT2D eigenvalue weighted by molar-refractivity contribution is 0.112. The second-order valence-corrected chi connectivity index (χ2v) is 6.94. The van der Waals surface area contributed by atoms with Crippen LogP contribution in [0.15, 0.2) is 24.4 Å². The maximum absolute atomic E-state index is 12.3. The Bertz CT molecular complexity index is 676. The molecule has 6 nitrogen and oxygen atoms in total. The molecule has 0 radical (unpaired) electrons. The maximum Gasteiger partial charge on any atom is 0.321 e. The number of hydrogen-bond acceptors (Lipinski definition) is 5. The Kier molecular flexibility index (Phi) is 3.97. The molecule has 0 spiro atoms. The lowest BCUT2D eigenvalue weighted by Crippen LogP contribution is -2.34. The number of aromatic nitrogens is 2. The van der Waals surface area contributed by atoms with Crippen LogP contribution in [0.4, 0.5) is 9.93 Å². The van der Waals surface area contributed by atoms with Gasteiger partial charge in [0, 0.05) is 12.6 Å². The van der Waals surface area contributed by atoms with Crippen molar-refractivity contribution < 1.29 is 9.53 Å². The molecule has 1 atom stereocenters. The Morgan fingerprint density at radius 2 is 2.30 bits per heavy atom. The van der Waals surface area contributed by atoms with E-state index in [4.69, 9.17) is 4.74 Å². The monoisotopic (exact) mass is 330 g/mol. The number of ether oxygens (including phenoxy) is 1. The molecule has 1 aliphatic heterocycles. The Balaban J connectivity index is 1.43. The molecule has 7 heteroatoms. The number of amides is 2. The van der Waals surface area contributed by atoms with E-state index in [1.807, 2.05) is 18.2 Å². The van der Waals surface area contributed by atoms with Gasteiger partial charge in [0.2, 0.25) is 0 Å². The average Bonchev–Trinajstić information content (AvgIpc) is 3.33. The van der Waals surface area contributed by atoms with Crippen LogP contribution < -0.4 is 10.6 Å². The molecule has 2 aromatic heterocycles. The van der Waals surface area contributed by atoms with Crippen LogP contribution in [0.2, 0.25) is 0 Å². The highest BCUT2D eigenvalue weighted by Crippen LogP contribution is 2.40. The van der Waals surface area contributed by atoms with Crippen LogP contribution in [0.25, 0.3) is 0 Å². The van der Waals surface area contributed by atoms with Crippen molar-refractivity contribution in [2.75, 3.05) is 11.9 Å². The molecule has 120 valence electrons. The summed E-state index contributed by atoms with van der Waals surface area (Å²) in [5, 5.41) is 6.54. The summed E-state index contributed by atoms with van der Waals surface area (Å²) in [4.78, 5) is 22.3. The van der Waals surface area contributed by atoms with Gasteiger partial charge in [0.15, 0.2) is 5.13 Å². The van der Waals surface area contributed by atoms with Crippen LogP contribution in [0.5, 0.6) is 0 Å². The quantitative estimate of drug-likeness (QED) is 0.904.